The van der Waals surface area contributed by atoms with Gasteiger partial charge in [-0.15, -0.1) is 11.8 Å². The molecule has 0 unspecified atom stereocenters. The van der Waals surface area contributed by atoms with Crippen LogP contribution in [-0.4, -0.2) is 15.8 Å². The van der Waals surface area contributed by atoms with E-state index in [4.69, 9.17) is 17.3 Å². The predicted octanol–water partition coefficient (Wildman–Crippen LogP) is 4.12. The first-order valence-electron chi connectivity index (χ1n) is 5.87. The molecule has 2 N–H and O–H groups in total. The Morgan fingerprint density at radius 1 is 1.25 bits per heavy atom. The summed E-state index contributed by atoms with van der Waals surface area (Å²) in [5.41, 5.74) is 7.95. The fourth-order valence-electron chi connectivity index (χ4n) is 2.09. The van der Waals surface area contributed by atoms with E-state index in [-0.39, 0.29) is 5.02 Å². The van der Waals surface area contributed by atoms with Crippen molar-refractivity contribution in [2.45, 2.75) is 4.90 Å². The van der Waals surface area contributed by atoms with Crippen LogP contribution in [0, 0.1) is 5.82 Å². The van der Waals surface area contributed by atoms with Crippen molar-refractivity contribution in [1.82, 2.24) is 9.55 Å². The smallest absolute Gasteiger partial charge is 0.205 e. The van der Waals surface area contributed by atoms with Crippen molar-refractivity contribution in [3.05, 3.63) is 47.2 Å². The Morgan fingerprint density at radius 3 is 2.60 bits per heavy atom. The lowest BCUT2D eigenvalue weighted by Gasteiger charge is -2.07. The van der Waals surface area contributed by atoms with Crippen LogP contribution in [0.2, 0.25) is 5.02 Å². The number of thioether (sulfide) groups is 1. The minimum absolute atomic E-state index is 0.0416. The quantitative estimate of drug-likeness (QED) is 0.724. The van der Waals surface area contributed by atoms with Gasteiger partial charge in [0.15, 0.2) is 0 Å². The molecule has 2 aromatic carbocycles. The lowest BCUT2D eigenvalue weighted by molar-refractivity contribution is 0.629. The van der Waals surface area contributed by atoms with Gasteiger partial charge in [-0.05, 0) is 36.6 Å². The average Bonchev–Trinajstić information content (AvgIpc) is 2.75. The van der Waals surface area contributed by atoms with Gasteiger partial charge in [-0.1, -0.05) is 11.6 Å². The van der Waals surface area contributed by atoms with Crippen LogP contribution < -0.4 is 5.73 Å². The molecule has 3 rings (SSSR count). The summed E-state index contributed by atoms with van der Waals surface area (Å²) in [4.78, 5) is 5.36. The number of hydrogen-bond acceptors (Lipinski definition) is 3. The van der Waals surface area contributed by atoms with Crippen LogP contribution in [0.5, 0.6) is 0 Å². The van der Waals surface area contributed by atoms with Crippen molar-refractivity contribution >= 4 is 40.3 Å². The van der Waals surface area contributed by atoms with Crippen LogP contribution in [0.15, 0.2) is 41.3 Å². The number of halogens is 2. The third-order valence-corrected chi connectivity index (χ3v) is 4.09. The third-order valence-electron chi connectivity index (χ3n) is 3.05. The Bertz CT molecular complexity index is 783. The van der Waals surface area contributed by atoms with Gasteiger partial charge in [0.05, 0.1) is 16.1 Å². The second-order valence-corrected chi connectivity index (χ2v) is 5.55. The summed E-state index contributed by atoms with van der Waals surface area (Å²) >= 11 is 7.42. The van der Waals surface area contributed by atoms with Crippen LogP contribution >= 0.6 is 23.4 Å². The maximum absolute atomic E-state index is 13.7. The predicted molar refractivity (Wildman–Crippen MR) is 82.2 cm³/mol. The van der Waals surface area contributed by atoms with Crippen LogP contribution in [0.4, 0.5) is 10.3 Å². The monoisotopic (exact) mass is 307 g/mol. The molecule has 0 saturated carbocycles. The molecule has 6 heteroatoms. The normalized spacial score (nSPS) is 11.2. The average molecular weight is 308 g/mol. The van der Waals surface area contributed by atoms with E-state index in [1.54, 1.807) is 16.3 Å². The van der Waals surface area contributed by atoms with Gasteiger partial charge in [0.1, 0.15) is 5.82 Å². The Labute approximate surface area is 124 Å². The first-order valence-corrected chi connectivity index (χ1v) is 7.48. The topological polar surface area (TPSA) is 43.8 Å². The summed E-state index contributed by atoms with van der Waals surface area (Å²) in [7, 11) is 0. The van der Waals surface area contributed by atoms with Crippen LogP contribution in [0.25, 0.3) is 16.7 Å². The number of nitrogen functional groups attached to an aromatic ring is 1. The molecule has 0 spiro atoms. The molecular formula is C14H11ClFN3S. The first kappa shape index (κ1) is 13.3. The van der Waals surface area contributed by atoms with Gasteiger partial charge in [0.25, 0.3) is 0 Å². The van der Waals surface area contributed by atoms with E-state index in [1.807, 2.05) is 30.5 Å². The second-order valence-electron chi connectivity index (χ2n) is 4.26. The van der Waals surface area contributed by atoms with Crippen molar-refractivity contribution in [3.8, 4) is 5.69 Å². The van der Waals surface area contributed by atoms with E-state index >= 15 is 0 Å². The zero-order valence-corrected chi connectivity index (χ0v) is 12.2. The largest absolute Gasteiger partial charge is 0.369 e. The third kappa shape index (κ3) is 2.13. The second kappa shape index (κ2) is 5.00. The molecule has 1 heterocycles. The van der Waals surface area contributed by atoms with Crippen LogP contribution in [0.1, 0.15) is 0 Å². The number of benzene rings is 2. The van der Waals surface area contributed by atoms with Crippen molar-refractivity contribution < 1.29 is 4.39 Å². The van der Waals surface area contributed by atoms with Crippen LogP contribution in [0.3, 0.4) is 0 Å². The molecule has 0 fully saturated rings. The van der Waals surface area contributed by atoms with Gasteiger partial charge in [-0.2, -0.15) is 0 Å². The molecule has 0 saturated heterocycles. The van der Waals surface area contributed by atoms with Gasteiger partial charge < -0.3 is 5.73 Å². The van der Waals surface area contributed by atoms with Crippen molar-refractivity contribution in [2.24, 2.45) is 0 Å². The number of aromatic nitrogens is 2. The molecule has 0 atom stereocenters. The maximum Gasteiger partial charge on any atom is 0.205 e. The van der Waals surface area contributed by atoms with Gasteiger partial charge in [-0.25, -0.2) is 9.37 Å². The van der Waals surface area contributed by atoms with Crippen LogP contribution in [-0.2, 0) is 0 Å². The molecule has 3 nitrogen and oxygen atoms in total. The molecule has 3 aromatic rings. The zero-order chi connectivity index (χ0) is 14.3. The molecule has 0 bridgehead atoms. The Balaban J connectivity index is 2.23. The highest BCUT2D eigenvalue weighted by Gasteiger charge is 2.13. The summed E-state index contributed by atoms with van der Waals surface area (Å²) in [5.74, 6) is -0.181. The Kier molecular flexibility index (Phi) is 3.31. The molecule has 0 aliphatic carbocycles. The molecular weight excluding hydrogens is 297 g/mol. The first-order chi connectivity index (χ1) is 9.60. The van der Waals surface area contributed by atoms with Crippen molar-refractivity contribution in [1.29, 1.82) is 0 Å². The maximum atomic E-state index is 13.7. The fourth-order valence-corrected chi connectivity index (χ4v) is 2.66. The molecule has 0 amide bonds. The molecule has 0 radical (unpaired) electrons. The SMILES string of the molecule is CSc1ccc(-n2c(N)nc3cc(Cl)c(F)cc32)cc1. The number of fused-ring (bicyclic) bond motifs is 1. The highest BCUT2D eigenvalue weighted by Crippen LogP contribution is 2.28. The Morgan fingerprint density at radius 2 is 1.95 bits per heavy atom. The summed E-state index contributed by atoms with van der Waals surface area (Å²) in [6.45, 7) is 0. The number of imidazole rings is 1. The lowest BCUT2D eigenvalue weighted by Crippen LogP contribution is -2.00. The number of nitrogens with two attached hydrogens (primary N) is 1. The van der Waals surface area contributed by atoms with Gasteiger partial charge in [-0.3, -0.25) is 4.57 Å². The summed E-state index contributed by atoms with van der Waals surface area (Å²) in [5, 5.41) is 0.0416. The van der Waals surface area contributed by atoms with Gasteiger partial charge >= 0.3 is 0 Å². The van der Waals surface area contributed by atoms with E-state index in [0.717, 1.165) is 10.6 Å². The Hall–Kier alpha value is -1.72. The zero-order valence-electron chi connectivity index (χ0n) is 10.6. The number of nitrogens with zero attached hydrogens (tertiary/aromatic N) is 2. The number of anilines is 1. The molecule has 102 valence electrons. The minimum atomic E-state index is -0.485. The molecule has 0 aliphatic rings. The number of hydrogen-bond donors (Lipinski definition) is 1. The molecule has 1 aromatic heterocycles. The van der Waals surface area contributed by atoms with Gasteiger partial charge in [0.2, 0.25) is 5.95 Å². The number of rotatable bonds is 2. The highest BCUT2D eigenvalue weighted by atomic mass is 35.5. The summed E-state index contributed by atoms with van der Waals surface area (Å²) < 4.78 is 15.4. The van der Waals surface area contributed by atoms with E-state index < -0.39 is 5.82 Å². The highest BCUT2D eigenvalue weighted by molar-refractivity contribution is 7.98. The lowest BCUT2D eigenvalue weighted by atomic mass is 10.2. The van der Waals surface area contributed by atoms with E-state index in [9.17, 15) is 4.39 Å². The van der Waals surface area contributed by atoms with Crippen molar-refractivity contribution in [3.63, 3.8) is 0 Å². The van der Waals surface area contributed by atoms with E-state index in [0.29, 0.717) is 17.0 Å². The summed E-state index contributed by atoms with van der Waals surface area (Å²) in [6, 6.07) is 10.7. The van der Waals surface area contributed by atoms with E-state index in [1.165, 1.54) is 12.1 Å². The van der Waals surface area contributed by atoms with Gasteiger partial charge in [0, 0.05) is 16.6 Å². The molecule has 0 aliphatic heterocycles. The van der Waals surface area contributed by atoms with Crippen molar-refractivity contribution in [2.75, 3.05) is 12.0 Å². The fraction of sp³-hybridized carbons (Fsp3) is 0.0714. The molecule has 20 heavy (non-hydrogen) atoms. The summed E-state index contributed by atoms with van der Waals surface area (Å²) in [6.07, 6.45) is 2.01. The minimum Gasteiger partial charge on any atom is -0.369 e. The van der Waals surface area contributed by atoms with E-state index in [2.05, 4.69) is 4.98 Å². The standard InChI is InChI=1S/C14H11ClFN3S/c1-20-9-4-2-8(3-5-9)19-13-7-11(16)10(15)6-12(13)18-14(19)17/h2-7H,1H3,(H2,17,18).